The second-order valence-corrected chi connectivity index (χ2v) is 12.6. The van der Waals surface area contributed by atoms with Gasteiger partial charge in [0.05, 0.1) is 6.04 Å². The number of benzene rings is 1. The van der Waals surface area contributed by atoms with Gasteiger partial charge in [0.2, 0.25) is 0 Å². The molecule has 0 bridgehead atoms. The Morgan fingerprint density at radius 3 is 2.38 bits per heavy atom. The topological polar surface area (TPSA) is 64.6 Å². The van der Waals surface area contributed by atoms with Crippen LogP contribution in [0.4, 0.5) is 4.79 Å². The van der Waals surface area contributed by atoms with Crippen LogP contribution in [-0.4, -0.2) is 39.0 Å². The lowest BCUT2D eigenvalue weighted by atomic mass is 9.73. The van der Waals surface area contributed by atoms with E-state index in [1.54, 1.807) is 0 Å². The van der Waals surface area contributed by atoms with Gasteiger partial charge in [-0.05, 0) is 78.9 Å². The third-order valence-corrected chi connectivity index (χ3v) is 7.52. The first-order valence-electron chi connectivity index (χ1n) is 10.6. The van der Waals surface area contributed by atoms with E-state index in [2.05, 4.69) is 29.8 Å². The van der Waals surface area contributed by atoms with Crippen molar-refractivity contribution in [3.05, 3.63) is 34.9 Å². The van der Waals surface area contributed by atoms with E-state index in [1.807, 2.05) is 46.4 Å². The van der Waals surface area contributed by atoms with Crippen LogP contribution in [0.5, 0.6) is 0 Å². The lowest BCUT2D eigenvalue weighted by Crippen LogP contribution is -2.51. The number of hydrogen-bond acceptors (Lipinski definition) is 4. The molecule has 162 valence electrons. The smallest absolute Gasteiger partial charge is 0.410 e. The molecule has 1 heterocycles. The molecule has 1 aliphatic carbocycles. The predicted octanol–water partition coefficient (Wildman–Crippen LogP) is 4.66. The molecule has 3 rings (SSSR count). The van der Waals surface area contributed by atoms with Gasteiger partial charge < -0.3 is 14.2 Å². The number of piperidine rings is 1. The van der Waals surface area contributed by atoms with Crippen molar-refractivity contribution in [2.75, 3.05) is 13.1 Å². The monoisotopic (exact) mass is 420 g/mol. The van der Waals surface area contributed by atoms with Crippen molar-refractivity contribution in [2.45, 2.75) is 84.1 Å². The van der Waals surface area contributed by atoms with E-state index in [-0.39, 0.29) is 22.3 Å². The highest BCUT2D eigenvalue weighted by Crippen LogP contribution is 2.52. The van der Waals surface area contributed by atoms with Crippen molar-refractivity contribution in [1.82, 2.24) is 9.62 Å². The zero-order valence-electron chi connectivity index (χ0n) is 18.9. The number of amides is 1. The number of aryl methyl sites for hydroxylation is 1. The van der Waals surface area contributed by atoms with E-state index in [0.29, 0.717) is 13.1 Å². The van der Waals surface area contributed by atoms with E-state index in [0.717, 1.165) is 19.3 Å². The summed E-state index contributed by atoms with van der Waals surface area (Å²) in [7, 11) is 0. The molecule has 29 heavy (non-hydrogen) atoms. The van der Waals surface area contributed by atoms with Gasteiger partial charge in [-0.2, -0.15) is 0 Å². The van der Waals surface area contributed by atoms with Gasteiger partial charge in [0.1, 0.15) is 10.3 Å². The summed E-state index contributed by atoms with van der Waals surface area (Å²) >= 11 is -1.15. The number of fused-ring (bicyclic) bond motifs is 1. The second-order valence-electron chi connectivity index (χ2n) is 10.6. The van der Waals surface area contributed by atoms with Crippen LogP contribution in [0.25, 0.3) is 0 Å². The van der Waals surface area contributed by atoms with Gasteiger partial charge in [0.15, 0.2) is 0 Å². The summed E-state index contributed by atoms with van der Waals surface area (Å²) < 4.78 is 21.7. The summed E-state index contributed by atoms with van der Waals surface area (Å²) in [5.41, 5.74) is 3.36. The molecule has 1 N–H and O–H groups in total. The Morgan fingerprint density at radius 2 is 1.83 bits per heavy atom. The van der Waals surface area contributed by atoms with Crippen molar-refractivity contribution in [3.63, 3.8) is 0 Å². The van der Waals surface area contributed by atoms with Crippen LogP contribution in [0.2, 0.25) is 0 Å². The number of nitrogens with one attached hydrogen (secondary N) is 1. The number of ether oxygens (including phenoxy) is 1. The maximum atomic E-state index is 13.0. The number of rotatable bonds is 2. The quantitative estimate of drug-likeness (QED) is 0.707. The van der Waals surface area contributed by atoms with Gasteiger partial charge >= 0.3 is 6.09 Å². The Bertz CT molecular complexity index is 758. The number of carbonyl (C=O) groups is 1. The van der Waals surface area contributed by atoms with E-state index >= 15 is 0 Å². The normalized spacial score (nSPS) is 22.5. The molecule has 2 atom stereocenters. The van der Waals surface area contributed by atoms with Crippen molar-refractivity contribution in [1.29, 1.82) is 0 Å². The average Bonchev–Trinajstić information content (AvgIpc) is 2.85. The molecule has 1 aliphatic heterocycles. The lowest BCUT2D eigenvalue weighted by Gasteiger charge is -2.43. The van der Waals surface area contributed by atoms with E-state index < -0.39 is 17.0 Å². The van der Waals surface area contributed by atoms with Crippen LogP contribution in [0, 0.1) is 12.3 Å². The van der Waals surface area contributed by atoms with Gasteiger partial charge in [-0.25, -0.2) is 4.79 Å². The molecule has 1 fully saturated rings. The molecular formula is C23H36N2O3S. The fraction of sp³-hybridized carbons (Fsp3) is 0.696. The molecule has 2 aliphatic rings. The van der Waals surface area contributed by atoms with Crippen LogP contribution in [-0.2, 0) is 22.5 Å². The van der Waals surface area contributed by atoms with Crippen LogP contribution in [0.15, 0.2) is 18.2 Å². The van der Waals surface area contributed by atoms with Crippen LogP contribution < -0.4 is 4.72 Å². The van der Waals surface area contributed by atoms with Crippen molar-refractivity contribution >= 4 is 17.5 Å². The molecular weight excluding hydrogens is 384 g/mol. The zero-order valence-corrected chi connectivity index (χ0v) is 19.7. The maximum Gasteiger partial charge on any atom is 0.410 e. The number of nitrogens with zero attached hydrogens (tertiary/aromatic N) is 1. The van der Waals surface area contributed by atoms with Gasteiger partial charge in [-0.3, -0.25) is 0 Å². The molecule has 0 aromatic heterocycles. The Balaban J connectivity index is 1.81. The summed E-state index contributed by atoms with van der Waals surface area (Å²) in [5.74, 6) is 0. The molecule has 5 nitrogen and oxygen atoms in total. The molecule has 0 radical (unpaired) electrons. The van der Waals surface area contributed by atoms with Crippen molar-refractivity contribution in [3.8, 4) is 0 Å². The van der Waals surface area contributed by atoms with E-state index in [9.17, 15) is 9.35 Å². The first-order valence-corrected chi connectivity index (χ1v) is 11.7. The highest BCUT2D eigenvalue weighted by atomic mass is 32.2. The highest BCUT2D eigenvalue weighted by molar-refractivity contribution is 7.90. The Morgan fingerprint density at radius 1 is 1.21 bits per heavy atom. The third kappa shape index (κ3) is 4.92. The number of hydrogen-bond donors (Lipinski definition) is 1. The zero-order chi connectivity index (χ0) is 21.6. The Hall–Kier alpha value is -1.24. The Labute approximate surface area is 178 Å². The average molecular weight is 421 g/mol. The fourth-order valence-electron chi connectivity index (χ4n) is 4.38. The summed E-state index contributed by atoms with van der Waals surface area (Å²) in [5, 5.41) is 0. The van der Waals surface area contributed by atoms with Crippen LogP contribution >= 0.6 is 0 Å². The van der Waals surface area contributed by atoms with Crippen molar-refractivity contribution < 1.29 is 14.1 Å². The van der Waals surface area contributed by atoms with Gasteiger partial charge in [-0.1, -0.05) is 23.8 Å². The molecule has 1 amide bonds. The second kappa shape index (κ2) is 7.78. The van der Waals surface area contributed by atoms with Gasteiger partial charge in [0, 0.05) is 29.9 Å². The third-order valence-electron chi connectivity index (χ3n) is 5.96. The summed E-state index contributed by atoms with van der Waals surface area (Å²) in [6.07, 6.45) is 2.48. The first kappa shape index (κ1) is 22.4. The van der Waals surface area contributed by atoms with Crippen LogP contribution in [0.1, 0.15) is 77.1 Å². The maximum absolute atomic E-state index is 13.0. The minimum Gasteiger partial charge on any atom is -0.598 e. The summed E-state index contributed by atoms with van der Waals surface area (Å²) in [4.78, 5) is 14.3. The minimum atomic E-state index is -1.15. The number of carbonyl (C=O) groups excluding carboxylic acids is 1. The first-order chi connectivity index (χ1) is 13.3. The molecule has 6 heteroatoms. The molecule has 2 unspecified atom stereocenters. The van der Waals surface area contributed by atoms with E-state index in [1.165, 1.54) is 16.7 Å². The molecule has 1 aromatic rings. The standard InChI is InChI=1S/C23H36N2O3S/c1-16-8-9-18-17(14-16)15-23(19(18)24-29(27)22(5,6)7)10-12-25(13-11-23)20(26)28-21(2,3)4/h8-9,14,19,24H,10-13,15H2,1-7H3. The molecule has 0 saturated carbocycles. The SMILES string of the molecule is Cc1ccc2c(c1)CC1(CCN(C(=O)OC(C)(C)C)CC1)C2N[S+]([O-])C(C)(C)C. The van der Waals surface area contributed by atoms with Gasteiger partial charge in [-0.15, -0.1) is 4.72 Å². The number of likely N-dealkylation sites (tertiary alicyclic amines) is 1. The van der Waals surface area contributed by atoms with E-state index in [4.69, 9.17) is 4.74 Å². The summed E-state index contributed by atoms with van der Waals surface area (Å²) in [6, 6.07) is 6.64. The molecule has 1 saturated heterocycles. The highest BCUT2D eigenvalue weighted by Gasteiger charge is 2.51. The predicted molar refractivity (Wildman–Crippen MR) is 118 cm³/mol. The fourth-order valence-corrected chi connectivity index (χ4v) is 5.32. The Kier molecular flexibility index (Phi) is 6.03. The van der Waals surface area contributed by atoms with Crippen molar-refractivity contribution in [2.24, 2.45) is 5.41 Å². The molecule has 1 aromatic carbocycles. The molecule has 1 spiro atoms. The summed E-state index contributed by atoms with van der Waals surface area (Å²) in [6.45, 7) is 15.1. The lowest BCUT2D eigenvalue weighted by molar-refractivity contribution is 0.00716. The minimum absolute atomic E-state index is 0.0183. The van der Waals surface area contributed by atoms with Gasteiger partial charge in [0.25, 0.3) is 0 Å². The largest absolute Gasteiger partial charge is 0.598 e. The van der Waals surface area contributed by atoms with Crippen LogP contribution in [0.3, 0.4) is 0 Å².